The van der Waals surface area contributed by atoms with Crippen molar-refractivity contribution in [3.63, 3.8) is 0 Å². The average molecular weight is 347 g/mol. The van der Waals surface area contributed by atoms with Crippen molar-refractivity contribution in [1.82, 2.24) is 4.90 Å². The zero-order chi connectivity index (χ0) is 17.2. The Morgan fingerprint density at radius 3 is 2.46 bits per heavy atom. The summed E-state index contributed by atoms with van der Waals surface area (Å²) in [6.07, 6.45) is 1.98. The first-order valence-corrected chi connectivity index (χ1v) is 9.77. The summed E-state index contributed by atoms with van der Waals surface area (Å²) in [5.74, 6) is 0.722. The van der Waals surface area contributed by atoms with Gasteiger partial charge in [-0.25, -0.2) is 8.42 Å². The highest BCUT2D eigenvalue weighted by atomic mass is 32.2. The zero-order valence-corrected chi connectivity index (χ0v) is 14.5. The number of rotatable bonds is 4. The van der Waals surface area contributed by atoms with Gasteiger partial charge in [0.25, 0.3) is 5.91 Å². The molecule has 0 unspecified atom stereocenters. The number of piperidine rings is 1. The van der Waals surface area contributed by atoms with Crippen LogP contribution in [0.15, 0.2) is 51.8 Å². The minimum atomic E-state index is -3.48. The van der Waals surface area contributed by atoms with Gasteiger partial charge in [0, 0.05) is 13.1 Å². The molecule has 1 fully saturated rings. The van der Waals surface area contributed by atoms with Gasteiger partial charge in [0.05, 0.1) is 4.90 Å². The largest absolute Gasteiger partial charge is 0.455 e. The van der Waals surface area contributed by atoms with Gasteiger partial charge >= 0.3 is 0 Å². The fraction of sp³-hybridized carbons (Fsp3) is 0.389. The van der Waals surface area contributed by atoms with E-state index in [1.807, 2.05) is 0 Å². The fourth-order valence-corrected chi connectivity index (χ4v) is 4.10. The Morgan fingerprint density at radius 2 is 1.79 bits per heavy atom. The Hall–Kier alpha value is -2.08. The molecular formula is C18H21NO4S. The summed E-state index contributed by atoms with van der Waals surface area (Å²) in [4.78, 5) is 14.5. The van der Waals surface area contributed by atoms with Crippen molar-refractivity contribution < 1.29 is 17.6 Å². The van der Waals surface area contributed by atoms with Crippen molar-refractivity contribution in [3.8, 4) is 0 Å². The maximum atomic E-state index is 12.4. The Bertz CT molecular complexity index is 803. The summed E-state index contributed by atoms with van der Waals surface area (Å²) in [7, 11) is -3.48. The Labute approximate surface area is 142 Å². The van der Waals surface area contributed by atoms with Gasteiger partial charge in [-0.3, -0.25) is 4.79 Å². The quantitative estimate of drug-likeness (QED) is 0.852. The molecule has 0 N–H and O–H groups in total. The zero-order valence-electron chi connectivity index (χ0n) is 13.6. The predicted molar refractivity (Wildman–Crippen MR) is 90.3 cm³/mol. The summed E-state index contributed by atoms with van der Waals surface area (Å²) >= 11 is 0. The van der Waals surface area contributed by atoms with E-state index in [-0.39, 0.29) is 28.1 Å². The summed E-state index contributed by atoms with van der Waals surface area (Å²) in [5.41, 5.74) is 0. The third-order valence-electron chi connectivity index (χ3n) is 4.38. The fourth-order valence-electron chi connectivity index (χ4n) is 2.84. The van der Waals surface area contributed by atoms with Crippen LogP contribution in [0.2, 0.25) is 0 Å². The van der Waals surface area contributed by atoms with Crippen molar-refractivity contribution in [2.45, 2.75) is 30.4 Å². The minimum absolute atomic E-state index is 0.162. The van der Waals surface area contributed by atoms with Crippen LogP contribution in [0.1, 0.15) is 36.1 Å². The number of furan rings is 1. The topological polar surface area (TPSA) is 67.6 Å². The Morgan fingerprint density at radius 1 is 1.12 bits per heavy atom. The molecule has 1 saturated heterocycles. The molecule has 5 nitrogen and oxygen atoms in total. The van der Waals surface area contributed by atoms with Gasteiger partial charge in [0.2, 0.25) is 0 Å². The van der Waals surface area contributed by atoms with E-state index >= 15 is 0 Å². The van der Waals surface area contributed by atoms with Crippen LogP contribution in [0.4, 0.5) is 0 Å². The van der Waals surface area contributed by atoms with Crippen molar-refractivity contribution in [3.05, 3.63) is 54.0 Å². The molecule has 3 rings (SSSR count). The molecule has 0 bridgehead atoms. The maximum absolute atomic E-state index is 12.4. The molecule has 2 heterocycles. The van der Waals surface area contributed by atoms with E-state index in [2.05, 4.69) is 6.92 Å². The Kier molecular flexibility index (Phi) is 4.76. The number of hydrogen-bond donors (Lipinski definition) is 0. The second-order valence-electron chi connectivity index (χ2n) is 6.31. The van der Waals surface area contributed by atoms with Gasteiger partial charge in [-0.15, -0.1) is 0 Å². The lowest BCUT2D eigenvalue weighted by atomic mass is 9.99. The molecule has 1 aliphatic heterocycles. The number of carbonyl (C=O) groups is 1. The second-order valence-corrected chi connectivity index (χ2v) is 8.30. The number of benzene rings is 1. The smallest absolute Gasteiger partial charge is 0.289 e. The standard InChI is InChI=1S/C18H21NO4S/c1-14-9-11-19(12-10-14)18(20)17-8-7-15(23-17)13-24(21,22)16-5-3-2-4-6-16/h2-8,14H,9-13H2,1H3. The van der Waals surface area contributed by atoms with E-state index in [4.69, 9.17) is 4.42 Å². The summed E-state index contributed by atoms with van der Waals surface area (Å²) in [6.45, 7) is 3.62. The normalized spacial score (nSPS) is 16.3. The number of sulfone groups is 1. The molecule has 0 atom stereocenters. The van der Waals surface area contributed by atoms with Gasteiger partial charge in [-0.05, 0) is 43.0 Å². The third-order valence-corrected chi connectivity index (χ3v) is 6.03. The minimum Gasteiger partial charge on any atom is -0.455 e. The van der Waals surface area contributed by atoms with Gasteiger partial charge in [0.15, 0.2) is 15.6 Å². The first kappa shape index (κ1) is 16.8. The lowest BCUT2D eigenvalue weighted by molar-refractivity contribution is 0.0663. The molecule has 1 aromatic carbocycles. The van der Waals surface area contributed by atoms with Gasteiger partial charge in [-0.2, -0.15) is 0 Å². The number of nitrogens with zero attached hydrogens (tertiary/aromatic N) is 1. The monoisotopic (exact) mass is 347 g/mol. The molecular weight excluding hydrogens is 326 g/mol. The maximum Gasteiger partial charge on any atom is 0.289 e. The molecule has 0 spiro atoms. The molecule has 2 aromatic rings. The van der Waals surface area contributed by atoms with Crippen molar-refractivity contribution in [2.75, 3.05) is 13.1 Å². The molecule has 6 heteroatoms. The van der Waals surface area contributed by atoms with Gasteiger partial charge in [-0.1, -0.05) is 25.1 Å². The Balaban J connectivity index is 1.71. The number of hydrogen-bond acceptors (Lipinski definition) is 4. The molecule has 1 aliphatic rings. The summed E-state index contributed by atoms with van der Waals surface area (Å²) in [5, 5.41) is 0. The highest BCUT2D eigenvalue weighted by molar-refractivity contribution is 7.90. The predicted octanol–water partition coefficient (Wildman–Crippen LogP) is 3.13. The van der Waals surface area contributed by atoms with Crippen LogP contribution >= 0.6 is 0 Å². The summed E-state index contributed by atoms with van der Waals surface area (Å²) in [6, 6.07) is 11.4. The van der Waals surface area contributed by atoms with Gasteiger partial charge < -0.3 is 9.32 Å². The van der Waals surface area contributed by atoms with Crippen LogP contribution in [0.3, 0.4) is 0 Å². The van der Waals surface area contributed by atoms with Crippen LogP contribution in [0.5, 0.6) is 0 Å². The SMILES string of the molecule is CC1CCN(C(=O)c2ccc(CS(=O)(=O)c3ccccc3)o2)CC1. The molecule has 1 aromatic heterocycles. The molecule has 0 radical (unpaired) electrons. The van der Waals surface area contributed by atoms with Crippen LogP contribution in [-0.2, 0) is 15.6 Å². The van der Waals surface area contributed by atoms with Gasteiger partial charge in [0.1, 0.15) is 11.5 Å². The van der Waals surface area contributed by atoms with E-state index in [9.17, 15) is 13.2 Å². The first-order chi connectivity index (χ1) is 11.5. The van der Waals surface area contributed by atoms with Crippen LogP contribution in [-0.4, -0.2) is 32.3 Å². The van der Waals surface area contributed by atoms with E-state index in [0.717, 1.165) is 25.9 Å². The second kappa shape index (κ2) is 6.81. The number of amides is 1. The molecule has 0 aliphatic carbocycles. The van der Waals surface area contributed by atoms with E-state index in [0.29, 0.717) is 5.92 Å². The van der Waals surface area contributed by atoms with Crippen LogP contribution in [0, 0.1) is 5.92 Å². The molecule has 24 heavy (non-hydrogen) atoms. The summed E-state index contributed by atoms with van der Waals surface area (Å²) < 4.78 is 30.2. The average Bonchev–Trinajstić information content (AvgIpc) is 3.03. The number of likely N-dealkylation sites (tertiary alicyclic amines) is 1. The van der Waals surface area contributed by atoms with Crippen molar-refractivity contribution in [2.24, 2.45) is 5.92 Å². The number of carbonyl (C=O) groups excluding carboxylic acids is 1. The highest BCUT2D eigenvalue weighted by Gasteiger charge is 2.24. The van der Waals surface area contributed by atoms with Crippen LogP contribution in [0.25, 0.3) is 0 Å². The van der Waals surface area contributed by atoms with E-state index < -0.39 is 9.84 Å². The molecule has 128 valence electrons. The van der Waals surface area contributed by atoms with E-state index in [1.165, 1.54) is 0 Å². The van der Waals surface area contributed by atoms with Crippen molar-refractivity contribution in [1.29, 1.82) is 0 Å². The van der Waals surface area contributed by atoms with E-state index in [1.54, 1.807) is 47.4 Å². The first-order valence-electron chi connectivity index (χ1n) is 8.11. The van der Waals surface area contributed by atoms with Crippen molar-refractivity contribution >= 4 is 15.7 Å². The molecule has 1 amide bonds. The third kappa shape index (κ3) is 3.70. The highest BCUT2D eigenvalue weighted by Crippen LogP contribution is 2.21. The lowest BCUT2D eigenvalue weighted by Crippen LogP contribution is -2.37. The molecule has 0 saturated carbocycles. The van der Waals surface area contributed by atoms with Crippen LogP contribution < -0.4 is 0 Å². The lowest BCUT2D eigenvalue weighted by Gasteiger charge is -2.29.